The van der Waals surface area contributed by atoms with Crippen LogP contribution in [-0.2, 0) is 4.79 Å². The molecule has 2 unspecified atom stereocenters. The van der Waals surface area contributed by atoms with Gasteiger partial charge in [-0.05, 0) is 0 Å². The van der Waals surface area contributed by atoms with Gasteiger partial charge in [0.25, 0.3) is 0 Å². The number of carbonyl (C=O) groups is 1. The molecule has 7 heteroatoms. The van der Waals surface area contributed by atoms with Gasteiger partial charge < -0.3 is 10.6 Å². The van der Waals surface area contributed by atoms with Gasteiger partial charge in [0.15, 0.2) is 0 Å². The number of carbonyl (C=O) groups excluding carboxylic acids is 1. The van der Waals surface area contributed by atoms with Crippen molar-refractivity contribution in [3.8, 4) is 0 Å². The molecule has 1 heterocycles. The average Bonchev–Trinajstić information content (AvgIpc) is 2.34. The summed E-state index contributed by atoms with van der Waals surface area (Å²) in [5.41, 5.74) is 0. The van der Waals surface area contributed by atoms with Crippen LogP contribution < -0.4 is 10.6 Å². The molecular formula is C6H8F4N2O. The Balaban J connectivity index is 2.45. The Labute approximate surface area is 71.5 Å². The van der Waals surface area contributed by atoms with Crippen molar-refractivity contribution in [2.75, 3.05) is 13.1 Å². The first-order valence-electron chi connectivity index (χ1n) is 3.63. The Bertz CT molecular complexity index is 205. The van der Waals surface area contributed by atoms with E-state index in [0.29, 0.717) is 0 Å². The van der Waals surface area contributed by atoms with Crippen molar-refractivity contribution >= 4 is 5.91 Å². The summed E-state index contributed by atoms with van der Waals surface area (Å²) < 4.78 is 47.7. The zero-order valence-corrected chi connectivity index (χ0v) is 6.49. The van der Waals surface area contributed by atoms with Gasteiger partial charge in [-0.3, -0.25) is 4.79 Å². The fraction of sp³-hybridized carbons (Fsp3) is 0.833. The molecule has 1 rings (SSSR count). The molecule has 1 aliphatic rings. The van der Waals surface area contributed by atoms with Gasteiger partial charge in [-0.2, -0.15) is 13.2 Å². The Morgan fingerprint density at radius 1 is 1.38 bits per heavy atom. The fourth-order valence-corrected chi connectivity index (χ4v) is 1.04. The molecule has 2 atom stereocenters. The van der Waals surface area contributed by atoms with Crippen LogP contribution in [0.15, 0.2) is 0 Å². The van der Waals surface area contributed by atoms with Gasteiger partial charge in [0.05, 0.1) is 6.04 Å². The molecule has 13 heavy (non-hydrogen) atoms. The van der Waals surface area contributed by atoms with Crippen LogP contribution in [0.3, 0.4) is 0 Å². The third-order valence-electron chi connectivity index (χ3n) is 1.71. The minimum Gasteiger partial charge on any atom is -0.341 e. The van der Waals surface area contributed by atoms with Crippen LogP contribution in [0.1, 0.15) is 0 Å². The highest BCUT2D eigenvalue weighted by Gasteiger charge is 2.41. The molecule has 0 bridgehead atoms. The molecule has 0 aromatic carbocycles. The second-order valence-electron chi connectivity index (χ2n) is 2.75. The second kappa shape index (κ2) is 3.49. The SMILES string of the molecule is O=C(NC1CNCC1F)C(F)(F)F. The summed E-state index contributed by atoms with van der Waals surface area (Å²) in [6.07, 6.45) is -6.39. The first-order chi connectivity index (χ1) is 5.91. The molecule has 1 amide bonds. The normalized spacial score (nSPS) is 28.9. The maximum Gasteiger partial charge on any atom is 0.471 e. The predicted molar refractivity (Wildman–Crippen MR) is 35.8 cm³/mol. The first kappa shape index (κ1) is 10.2. The molecule has 3 nitrogen and oxygen atoms in total. The zero-order chi connectivity index (χ0) is 10.1. The molecular weight excluding hydrogens is 192 g/mol. The molecule has 1 saturated heterocycles. The smallest absolute Gasteiger partial charge is 0.341 e. The van der Waals surface area contributed by atoms with Crippen LogP contribution in [0.2, 0.25) is 0 Å². The molecule has 0 aromatic heterocycles. The number of hydrogen-bond acceptors (Lipinski definition) is 2. The number of rotatable bonds is 1. The monoisotopic (exact) mass is 200 g/mol. The molecule has 76 valence electrons. The van der Waals surface area contributed by atoms with Gasteiger partial charge in [-0.25, -0.2) is 4.39 Å². The minimum absolute atomic E-state index is 0.0250. The van der Waals surface area contributed by atoms with E-state index < -0.39 is 24.3 Å². The largest absolute Gasteiger partial charge is 0.471 e. The summed E-state index contributed by atoms with van der Waals surface area (Å²) >= 11 is 0. The quantitative estimate of drug-likeness (QED) is 0.584. The van der Waals surface area contributed by atoms with E-state index >= 15 is 0 Å². The van der Waals surface area contributed by atoms with Crippen molar-refractivity contribution in [1.29, 1.82) is 0 Å². The average molecular weight is 200 g/mol. The molecule has 2 N–H and O–H groups in total. The molecule has 1 aliphatic heterocycles. The summed E-state index contributed by atoms with van der Waals surface area (Å²) in [6.45, 7) is 0.00574. The van der Waals surface area contributed by atoms with Gasteiger partial charge in [0, 0.05) is 13.1 Å². The minimum atomic E-state index is -4.94. The topological polar surface area (TPSA) is 41.1 Å². The van der Waals surface area contributed by atoms with Crippen LogP contribution in [0.5, 0.6) is 0 Å². The van der Waals surface area contributed by atoms with Gasteiger partial charge in [-0.1, -0.05) is 0 Å². The third kappa shape index (κ3) is 2.55. The van der Waals surface area contributed by atoms with Crippen LogP contribution in [-0.4, -0.2) is 37.4 Å². The van der Waals surface area contributed by atoms with Crippen LogP contribution >= 0.6 is 0 Å². The predicted octanol–water partition coefficient (Wildman–Crippen LogP) is -0.0252. The third-order valence-corrected chi connectivity index (χ3v) is 1.71. The fourth-order valence-electron chi connectivity index (χ4n) is 1.04. The highest BCUT2D eigenvalue weighted by atomic mass is 19.4. The van der Waals surface area contributed by atoms with E-state index in [0.717, 1.165) is 0 Å². The van der Waals surface area contributed by atoms with Crippen molar-refractivity contribution < 1.29 is 22.4 Å². The van der Waals surface area contributed by atoms with Crippen molar-refractivity contribution in [3.05, 3.63) is 0 Å². The summed E-state index contributed by atoms with van der Waals surface area (Å²) in [6, 6.07) is -1.07. The van der Waals surface area contributed by atoms with Crippen LogP contribution in [0, 0.1) is 0 Å². The molecule has 0 radical (unpaired) electrons. The van der Waals surface area contributed by atoms with Crippen LogP contribution in [0.25, 0.3) is 0 Å². The number of hydrogen-bond donors (Lipinski definition) is 2. The lowest BCUT2D eigenvalue weighted by Crippen LogP contribution is -2.47. The number of halogens is 4. The van der Waals surface area contributed by atoms with E-state index in [-0.39, 0.29) is 13.1 Å². The molecule has 1 fully saturated rings. The standard InChI is InChI=1S/C6H8F4N2O/c7-3-1-11-2-4(3)12-5(13)6(8,9)10/h3-4,11H,1-2H2,(H,12,13). The summed E-state index contributed by atoms with van der Waals surface area (Å²) in [5, 5.41) is 4.09. The van der Waals surface area contributed by atoms with Crippen molar-refractivity contribution in [1.82, 2.24) is 10.6 Å². The van der Waals surface area contributed by atoms with Crippen molar-refractivity contribution in [3.63, 3.8) is 0 Å². The van der Waals surface area contributed by atoms with E-state index in [1.807, 2.05) is 0 Å². The second-order valence-corrected chi connectivity index (χ2v) is 2.75. The van der Waals surface area contributed by atoms with E-state index in [9.17, 15) is 22.4 Å². The maximum atomic E-state index is 12.7. The number of amides is 1. The number of nitrogens with one attached hydrogen (secondary N) is 2. The van der Waals surface area contributed by atoms with Gasteiger partial charge >= 0.3 is 12.1 Å². The zero-order valence-electron chi connectivity index (χ0n) is 6.49. The summed E-state index contributed by atoms with van der Waals surface area (Å²) in [5.74, 6) is -2.09. The molecule has 0 spiro atoms. The van der Waals surface area contributed by atoms with Gasteiger partial charge in [0.2, 0.25) is 0 Å². The molecule has 0 aliphatic carbocycles. The summed E-state index contributed by atoms with van der Waals surface area (Å²) in [7, 11) is 0. The highest BCUT2D eigenvalue weighted by molar-refractivity contribution is 5.82. The maximum absolute atomic E-state index is 12.7. The Morgan fingerprint density at radius 2 is 2.00 bits per heavy atom. The van der Waals surface area contributed by atoms with E-state index in [1.165, 1.54) is 0 Å². The van der Waals surface area contributed by atoms with E-state index in [4.69, 9.17) is 0 Å². The summed E-state index contributed by atoms with van der Waals surface area (Å²) in [4.78, 5) is 10.3. The lowest BCUT2D eigenvalue weighted by Gasteiger charge is -2.14. The lowest BCUT2D eigenvalue weighted by molar-refractivity contribution is -0.174. The molecule has 0 saturated carbocycles. The number of alkyl halides is 4. The van der Waals surface area contributed by atoms with E-state index in [2.05, 4.69) is 5.32 Å². The van der Waals surface area contributed by atoms with Crippen LogP contribution in [0.4, 0.5) is 17.6 Å². The highest BCUT2D eigenvalue weighted by Crippen LogP contribution is 2.15. The lowest BCUT2D eigenvalue weighted by atomic mass is 10.2. The Hall–Kier alpha value is -0.850. The van der Waals surface area contributed by atoms with E-state index in [1.54, 1.807) is 5.32 Å². The Kier molecular flexibility index (Phi) is 2.74. The Morgan fingerprint density at radius 3 is 2.38 bits per heavy atom. The van der Waals surface area contributed by atoms with Crippen molar-refractivity contribution in [2.24, 2.45) is 0 Å². The molecule has 0 aromatic rings. The first-order valence-corrected chi connectivity index (χ1v) is 3.63. The van der Waals surface area contributed by atoms with Gasteiger partial charge in [-0.15, -0.1) is 0 Å². The van der Waals surface area contributed by atoms with Gasteiger partial charge in [0.1, 0.15) is 6.17 Å². The van der Waals surface area contributed by atoms with Crippen molar-refractivity contribution in [2.45, 2.75) is 18.4 Å².